The summed E-state index contributed by atoms with van der Waals surface area (Å²) in [6.07, 6.45) is 0.288. The van der Waals surface area contributed by atoms with Gasteiger partial charge in [0.05, 0.1) is 6.04 Å². The molecule has 2 N–H and O–H groups in total. The van der Waals surface area contributed by atoms with Crippen LogP contribution >= 0.6 is 0 Å². The lowest BCUT2D eigenvalue weighted by atomic mass is 9.95. The average molecular weight is 433 g/mol. The Balaban J connectivity index is 1.55. The highest BCUT2D eigenvalue weighted by molar-refractivity contribution is 6.01. The molecule has 3 aromatic rings. The summed E-state index contributed by atoms with van der Waals surface area (Å²) in [6.45, 7) is 10.1. The second-order valence-electron chi connectivity index (χ2n) is 8.32. The summed E-state index contributed by atoms with van der Waals surface area (Å²) in [5.41, 5.74) is 4.96. The number of H-pyrrole nitrogens is 1. The van der Waals surface area contributed by atoms with Crippen LogP contribution in [-0.2, 0) is 4.79 Å². The van der Waals surface area contributed by atoms with Crippen molar-refractivity contribution in [2.45, 2.75) is 33.2 Å². The summed E-state index contributed by atoms with van der Waals surface area (Å²) >= 11 is 0. The molecule has 0 bridgehead atoms. The number of hydrogen-bond acceptors (Lipinski definition) is 3. The molecule has 0 fully saturated rings. The van der Waals surface area contributed by atoms with Crippen LogP contribution < -0.4 is 5.32 Å². The first kappa shape index (κ1) is 22.1. The summed E-state index contributed by atoms with van der Waals surface area (Å²) in [5, 5.41) is 4.13. The van der Waals surface area contributed by atoms with Gasteiger partial charge in [-0.2, -0.15) is 0 Å². The van der Waals surface area contributed by atoms with E-state index in [2.05, 4.69) is 48.1 Å². The number of fused-ring (bicyclic) bond motifs is 2. The molecular formula is C26H32N4O2. The zero-order valence-corrected chi connectivity index (χ0v) is 19.1. The first-order valence-corrected chi connectivity index (χ1v) is 11.5. The molecule has 0 aliphatic carbocycles. The molecule has 6 nitrogen and oxygen atoms in total. The Kier molecular flexibility index (Phi) is 6.61. The van der Waals surface area contributed by atoms with Gasteiger partial charge in [-0.3, -0.25) is 9.59 Å². The monoisotopic (exact) mass is 432 g/mol. The number of nitrogens with zero attached hydrogens (tertiary/aromatic N) is 2. The summed E-state index contributed by atoms with van der Waals surface area (Å²) in [6, 6.07) is 15.8. The van der Waals surface area contributed by atoms with Crippen LogP contribution in [0, 0.1) is 6.92 Å². The normalized spacial score (nSPS) is 15.6. The fraction of sp³-hybridized carbons (Fsp3) is 0.385. The van der Waals surface area contributed by atoms with Crippen molar-refractivity contribution in [1.82, 2.24) is 20.1 Å². The van der Waals surface area contributed by atoms with Crippen molar-refractivity contribution in [2.75, 3.05) is 32.7 Å². The standard InChI is InChI=1S/C26H32N4O2/c1-4-29(5-2)17-15-27-23(31)14-16-30-25(19-10-6-7-11-20(19)26(30)32)24-18(3)28-22-13-9-8-12-21(22)24/h6-13,25,28H,4-5,14-17H2,1-3H3,(H,27,31)/t25-/m0/s1. The van der Waals surface area contributed by atoms with Crippen LogP contribution in [0.5, 0.6) is 0 Å². The van der Waals surface area contributed by atoms with Crippen LogP contribution in [0.25, 0.3) is 10.9 Å². The number of amides is 2. The minimum atomic E-state index is -0.196. The lowest BCUT2D eigenvalue weighted by Gasteiger charge is -2.26. The van der Waals surface area contributed by atoms with Gasteiger partial charge in [0.1, 0.15) is 0 Å². The Bertz CT molecular complexity index is 1120. The summed E-state index contributed by atoms with van der Waals surface area (Å²) in [4.78, 5) is 33.5. The van der Waals surface area contributed by atoms with E-state index in [1.165, 1.54) is 0 Å². The SMILES string of the molecule is CCN(CC)CCNC(=O)CCN1C(=O)c2ccccc2[C@H]1c1c(C)[nH]c2ccccc12. The highest BCUT2D eigenvalue weighted by atomic mass is 16.2. The Morgan fingerprint density at radius 2 is 1.81 bits per heavy atom. The molecule has 168 valence electrons. The van der Waals surface area contributed by atoms with Crippen LogP contribution in [-0.4, -0.2) is 59.3 Å². The van der Waals surface area contributed by atoms with Gasteiger partial charge in [-0.1, -0.05) is 50.2 Å². The maximum Gasteiger partial charge on any atom is 0.255 e. The number of aromatic amines is 1. The van der Waals surface area contributed by atoms with Crippen LogP contribution in [0.1, 0.15) is 53.5 Å². The second-order valence-corrected chi connectivity index (χ2v) is 8.32. The van der Waals surface area contributed by atoms with Gasteiger partial charge in [-0.25, -0.2) is 0 Å². The van der Waals surface area contributed by atoms with Crippen molar-refractivity contribution in [3.8, 4) is 0 Å². The highest BCUT2D eigenvalue weighted by Gasteiger charge is 2.39. The molecular weight excluding hydrogens is 400 g/mol. The van der Waals surface area contributed by atoms with E-state index in [1.807, 2.05) is 41.3 Å². The van der Waals surface area contributed by atoms with E-state index in [-0.39, 0.29) is 24.3 Å². The molecule has 0 radical (unpaired) electrons. The van der Waals surface area contributed by atoms with Crippen molar-refractivity contribution < 1.29 is 9.59 Å². The van der Waals surface area contributed by atoms with Crippen molar-refractivity contribution in [2.24, 2.45) is 0 Å². The van der Waals surface area contributed by atoms with Crippen LogP contribution in [0.15, 0.2) is 48.5 Å². The van der Waals surface area contributed by atoms with Crippen molar-refractivity contribution in [1.29, 1.82) is 0 Å². The van der Waals surface area contributed by atoms with Gasteiger partial charge in [-0.05, 0) is 37.7 Å². The number of carbonyl (C=O) groups is 2. The van der Waals surface area contributed by atoms with E-state index in [9.17, 15) is 9.59 Å². The molecule has 1 aromatic heterocycles. The van der Waals surface area contributed by atoms with Crippen LogP contribution in [0.2, 0.25) is 0 Å². The third-order valence-electron chi connectivity index (χ3n) is 6.50. The summed E-state index contributed by atoms with van der Waals surface area (Å²) < 4.78 is 0. The van der Waals surface area contributed by atoms with Crippen LogP contribution in [0.3, 0.4) is 0 Å². The minimum absolute atomic E-state index is 0.00813. The topological polar surface area (TPSA) is 68.4 Å². The van der Waals surface area contributed by atoms with E-state index in [0.29, 0.717) is 13.1 Å². The number of benzene rings is 2. The van der Waals surface area contributed by atoms with Gasteiger partial charge >= 0.3 is 0 Å². The Hall–Kier alpha value is -3.12. The van der Waals surface area contributed by atoms with Gasteiger partial charge in [0.2, 0.25) is 5.91 Å². The number of nitrogens with one attached hydrogen (secondary N) is 2. The number of likely N-dealkylation sites (N-methyl/N-ethyl adjacent to an activating group) is 1. The predicted molar refractivity (Wildman–Crippen MR) is 128 cm³/mol. The van der Waals surface area contributed by atoms with E-state index >= 15 is 0 Å². The number of rotatable bonds is 9. The first-order valence-electron chi connectivity index (χ1n) is 11.5. The van der Waals surface area contributed by atoms with Crippen molar-refractivity contribution in [3.05, 3.63) is 70.9 Å². The Morgan fingerprint density at radius 3 is 2.59 bits per heavy atom. The molecule has 0 unspecified atom stereocenters. The highest BCUT2D eigenvalue weighted by Crippen LogP contribution is 2.42. The molecule has 2 aromatic carbocycles. The lowest BCUT2D eigenvalue weighted by Crippen LogP contribution is -2.37. The molecule has 0 saturated heterocycles. The predicted octanol–water partition coefficient (Wildman–Crippen LogP) is 3.87. The average Bonchev–Trinajstić information content (AvgIpc) is 3.28. The third-order valence-corrected chi connectivity index (χ3v) is 6.50. The van der Waals surface area contributed by atoms with Gasteiger partial charge in [0.25, 0.3) is 5.91 Å². The maximum atomic E-state index is 13.3. The second kappa shape index (κ2) is 9.57. The Morgan fingerprint density at radius 1 is 1.09 bits per heavy atom. The maximum absolute atomic E-state index is 13.3. The molecule has 4 rings (SSSR count). The number of para-hydroxylation sites is 1. The van der Waals surface area contributed by atoms with Gasteiger partial charge < -0.3 is 20.1 Å². The molecule has 6 heteroatoms. The Labute approximate surface area is 189 Å². The summed E-state index contributed by atoms with van der Waals surface area (Å²) in [7, 11) is 0. The molecule has 1 aliphatic rings. The zero-order valence-electron chi connectivity index (χ0n) is 19.1. The molecule has 0 spiro atoms. The third kappa shape index (κ3) is 4.15. The number of hydrogen-bond donors (Lipinski definition) is 2. The van der Waals surface area contributed by atoms with Gasteiger partial charge in [0, 0.05) is 53.8 Å². The fourth-order valence-corrected chi connectivity index (χ4v) is 4.77. The van der Waals surface area contributed by atoms with Crippen molar-refractivity contribution >= 4 is 22.7 Å². The first-order chi connectivity index (χ1) is 15.5. The zero-order chi connectivity index (χ0) is 22.7. The number of carbonyl (C=O) groups excluding carboxylic acids is 2. The van der Waals surface area contributed by atoms with Gasteiger partial charge in [0.15, 0.2) is 0 Å². The molecule has 0 saturated carbocycles. The smallest absolute Gasteiger partial charge is 0.255 e. The van der Waals surface area contributed by atoms with E-state index in [4.69, 9.17) is 0 Å². The fourth-order valence-electron chi connectivity index (χ4n) is 4.77. The largest absolute Gasteiger partial charge is 0.358 e. The number of aromatic nitrogens is 1. The quantitative estimate of drug-likeness (QED) is 0.539. The molecule has 2 heterocycles. The van der Waals surface area contributed by atoms with Gasteiger partial charge in [-0.15, -0.1) is 0 Å². The van der Waals surface area contributed by atoms with E-state index < -0.39 is 0 Å². The molecule has 32 heavy (non-hydrogen) atoms. The molecule has 2 amide bonds. The summed E-state index contributed by atoms with van der Waals surface area (Å²) in [5.74, 6) is -0.0264. The van der Waals surface area contributed by atoms with E-state index in [1.54, 1.807) is 0 Å². The molecule has 1 aliphatic heterocycles. The molecule has 1 atom stereocenters. The van der Waals surface area contributed by atoms with Crippen molar-refractivity contribution in [3.63, 3.8) is 0 Å². The lowest BCUT2D eigenvalue weighted by molar-refractivity contribution is -0.121. The minimum Gasteiger partial charge on any atom is -0.358 e. The number of aryl methyl sites for hydroxylation is 1. The van der Waals surface area contributed by atoms with Crippen LogP contribution in [0.4, 0.5) is 0 Å². The van der Waals surface area contributed by atoms with E-state index in [0.717, 1.165) is 52.9 Å².